The third kappa shape index (κ3) is 6.40. The van der Waals surface area contributed by atoms with Gasteiger partial charge < -0.3 is 16.0 Å². The molecule has 0 saturated heterocycles. The van der Waals surface area contributed by atoms with Gasteiger partial charge in [-0.15, -0.1) is 6.58 Å². The van der Waals surface area contributed by atoms with E-state index in [4.69, 9.17) is 0 Å². The summed E-state index contributed by atoms with van der Waals surface area (Å²) in [4.78, 5) is 28.0. The molecule has 2 amide bonds. The molecule has 7 heteroatoms. The molecule has 0 aromatic carbocycles. The van der Waals surface area contributed by atoms with Gasteiger partial charge in [0.2, 0.25) is 5.91 Å². The molecule has 0 radical (unpaired) electrons. The fourth-order valence-corrected chi connectivity index (χ4v) is 2.19. The van der Waals surface area contributed by atoms with Gasteiger partial charge >= 0.3 is 0 Å². The van der Waals surface area contributed by atoms with Crippen LogP contribution in [-0.4, -0.2) is 35.9 Å². The van der Waals surface area contributed by atoms with Crippen molar-refractivity contribution >= 4 is 28.3 Å². The van der Waals surface area contributed by atoms with Gasteiger partial charge in [0.25, 0.3) is 5.91 Å². The van der Waals surface area contributed by atoms with Crippen molar-refractivity contribution in [2.45, 2.75) is 32.7 Å². The number of amides is 2. The van der Waals surface area contributed by atoms with Gasteiger partial charge in [-0.2, -0.15) is 0 Å². The van der Waals surface area contributed by atoms with E-state index >= 15 is 0 Å². The van der Waals surface area contributed by atoms with Crippen molar-refractivity contribution in [3.63, 3.8) is 0 Å². The van der Waals surface area contributed by atoms with Crippen LogP contribution in [0.4, 0.5) is 5.13 Å². The fourth-order valence-electron chi connectivity index (χ4n) is 1.45. The Morgan fingerprint density at radius 1 is 1.52 bits per heavy atom. The molecule has 0 fully saturated rings. The Kier molecular flexibility index (Phi) is 7.45. The van der Waals surface area contributed by atoms with E-state index in [1.54, 1.807) is 6.08 Å². The Morgan fingerprint density at radius 3 is 2.95 bits per heavy atom. The first-order valence-corrected chi connectivity index (χ1v) is 7.76. The van der Waals surface area contributed by atoms with Crippen LogP contribution in [0.3, 0.4) is 0 Å². The number of carbonyl (C=O) groups excluding carboxylic acids is 2. The summed E-state index contributed by atoms with van der Waals surface area (Å²) in [5, 5.41) is 9.26. The van der Waals surface area contributed by atoms with Crippen molar-refractivity contribution in [1.29, 1.82) is 0 Å². The van der Waals surface area contributed by atoms with Crippen LogP contribution in [0.5, 0.6) is 0 Å². The third-order valence-corrected chi connectivity index (χ3v) is 3.74. The van der Waals surface area contributed by atoms with Gasteiger partial charge in [-0.25, -0.2) is 4.98 Å². The molecule has 0 bridgehead atoms. The predicted molar refractivity (Wildman–Crippen MR) is 85.6 cm³/mol. The molecule has 0 aliphatic carbocycles. The van der Waals surface area contributed by atoms with E-state index in [1.165, 1.54) is 17.5 Å². The molecular formula is C14H22N4O2S. The van der Waals surface area contributed by atoms with Crippen molar-refractivity contribution in [1.82, 2.24) is 15.6 Å². The van der Waals surface area contributed by atoms with Gasteiger partial charge in [-0.1, -0.05) is 24.3 Å². The summed E-state index contributed by atoms with van der Waals surface area (Å²) in [7, 11) is 0. The van der Waals surface area contributed by atoms with Gasteiger partial charge in [-0.05, 0) is 13.3 Å². The van der Waals surface area contributed by atoms with Crippen molar-refractivity contribution < 1.29 is 9.59 Å². The van der Waals surface area contributed by atoms with Gasteiger partial charge in [-0.3, -0.25) is 9.59 Å². The SMILES string of the molecule is C=CCNc1ncc(C(=O)NCCC(=O)NC(C)CC)s1. The van der Waals surface area contributed by atoms with Crippen LogP contribution in [-0.2, 0) is 4.79 Å². The zero-order chi connectivity index (χ0) is 15.7. The van der Waals surface area contributed by atoms with Gasteiger partial charge in [0.15, 0.2) is 5.13 Å². The molecule has 1 rings (SSSR count). The second-order valence-electron chi connectivity index (χ2n) is 4.58. The minimum atomic E-state index is -0.213. The molecular weight excluding hydrogens is 288 g/mol. The first kappa shape index (κ1) is 17.2. The highest BCUT2D eigenvalue weighted by Gasteiger charge is 2.11. The van der Waals surface area contributed by atoms with Crippen molar-refractivity contribution in [2.75, 3.05) is 18.4 Å². The Labute approximate surface area is 129 Å². The van der Waals surface area contributed by atoms with Crippen molar-refractivity contribution in [2.24, 2.45) is 0 Å². The number of aromatic nitrogens is 1. The summed E-state index contributed by atoms with van der Waals surface area (Å²) >= 11 is 1.27. The van der Waals surface area contributed by atoms with E-state index in [-0.39, 0.29) is 24.3 Å². The summed E-state index contributed by atoms with van der Waals surface area (Å²) in [5.74, 6) is -0.266. The molecule has 0 aliphatic heterocycles. The lowest BCUT2D eigenvalue weighted by atomic mass is 10.2. The molecule has 1 heterocycles. The largest absolute Gasteiger partial charge is 0.358 e. The van der Waals surface area contributed by atoms with Crippen molar-refractivity contribution in [3.05, 3.63) is 23.7 Å². The molecule has 116 valence electrons. The molecule has 6 nitrogen and oxygen atoms in total. The lowest BCUT2D eigenvalue weighted by Gasteiger charge is -2.11. The zero-order valence-corrected chi connectivity index (χ0v) is 13.3. The Bertz CT molecular complexity index is 487. The molecule has 21 heavy (non-hydrogen) atoms. The zero-order valence-electron chi connectivity index (χ0n) is 12.4. The van der Waals surface area contributed by atoms with Crippen LogP contribution in [0, 0.1) is 0 Å². The van der Waals surface area contributed by atoms with Gasteiger partial charge in [0, 0.05) is 25.6 Å². The average molecular weight is 310 g/mol. The summed E-state index contributed by atoms with van der Waals surface area (Å²) < 4.78 is 0. The predicted octanol–water partition coefficient (Wildman–Crippen LogP) is 1.78. The molecule has 0 saturated carbocycles. The quantitative estimate of drug-likeness (QED) is 0.607. The van der Waals surface area contributed by atoms with Crippen molar-refractivity contribution in [3.8, 4) is 0 Å². The molecule has 1 unspecified atom stereocenters. The molecule has 3 N–H and O–H groups in total. The highest BCUT2D eigenvalue weighted by atomic mass is 32.1. The number of hydrogen-bond acceptors (Lipinski definition) is 5. The van der Waals surface area contributed by atoms with E-state index < -0.39 is 0 Å². The summed E-state index contributed by atoms with van der Waals surface area (Å²) in [6.07, 6.45) is 4.40. The number of hydrogen-bond donors (Lipinski definition) is 3. The van der Waals surface area contributed by atoms with Crippen LogP contribution >= 0.6 is 11.3 Å². The van der Waals surface area contributed by atoms with E-state index in [0.29, 0.717) is 23.1 Å². The maximum atomic E-state index is 11.9. The second kappa shape index (κ2) is 9.12. The normalized spacial score (nSPS) is 11.5. The van der Waals surface area contributed by atoms with Gasteiger partial charge in [0.05, 0.1) is 6.20 Å². The number of nitrogens with one attached hydrogen (secondary N) is 3. The first-order valence-electron chi connectivity index (χ1n) is 6.95. The molecule has 0 aliphatic rings. The number of thiazole rings is 1. The maximum absolute atomic E-state index is 11.9. The lowest BCUT2D eigenvalue weighted by Crippen LogP contribution is -2.35. The monoisotopic (exact) mass is 310 g/mol. The summed E-state index contributed by atoms with van der Waals surface area (Å²) in [5.41, 5.74) is 0. The third-order valence-electron chi connectivity index (χ3n) is 2.78. The van der Waals surface area contributed by atoms with Crippen LogP contribution < -0.4 is 16.0 Å². The van der Waals surface area contributed by atoms with Crippen LogP contribution in [0.15, 0.2) is 18.9 Å². The minimum Gasteiger partial charge on any atom is -0.358 e. The van der Waals surface area contributed by atoms with E-state index in [1.807, 2.05) is 13.8 Å². The Morgan fingerprint density at radius 2 is 2.29 bits per heavy atom. The smallest absolute Gasteiger partial charge is 0.263 e. The highest BCUT2D eigenvalue weighted by Crippen LogP contribution is 2.17. The summed E-state index contributed by atoms with van der Waals surface area (Å²) in [6, 6.07) is 0.160. The van der Waals surface area contributed by atoms with E-state index in [0.717, 1.165) is 6.42 Å². The number of nitrogens with zero attached hydrogens (tertiary/aromatic N) is 1. The van der Waals surface area contributed by atoms with E-state index in [2.05, 4.69) is 27.5 Å². The molecule has 0 spiro atoms. The van der Waals surface area contributed by atoms with E-state index in [9.17, 15) is 9.59 Å². The number of rotatable bonds is 9. The summed E-state index contributed by atoms with van der Waals surface area (Å²) in [6.45, 7) is 8.47. The average Bonchev–Trinajstić information content (AvgIpc) is 2.93. The Balaban J connectivity index is 2.31. The van der Waals surface area contributed by atoms with Gasteiger partial charge in [0.1, 0.15) is 4.88 Å². The first-order chi connectivity index (χ1) is 10.1. The van der Waals surface area contributed by atoms with Crippen LogP contribution in [0.25, 0.3) is 0 Å². The Hall–Kier alpha value is -1.89. The lowest BCUT2D eigenvalue weighted by molar-refractivity contribution is -0.121. The highest BCUT2D eigenvalue weighted by molar-refractivity contribution is 7.17. The topological polar surface area (TPSA) is 83.1 Å². The molecule has 1 aromatic heterocycles. The van der Waals surface area contributed by atoms with Crippen LogP contribution in [0.1, 0.15) is 36.4 Å². The minimum absolute atomic E-state index is 0.0534. The number of carbonyl (C=O) groups is 2. The van der Waals surface area contributed by atoms with Crippen LogP contribution in [0.2, 0.25) is 0 Å². The fraction of sp³-hybridized carbons (Fsp3) is 0.500. The second-order valence-corrected chi connectivity index (χ2v) is 5.61. The number of anilines is 1. The standard InChI is InChI=1S/C14H22N4O2S/c1-4-7-16-14-17-9-11(21-14)13(20)15-8-6-12(19)18-10(3)5-2/h4,9-10H,1,5-8H2,2-3H3,(H,15,20)(H,16,17)(H,18,19). The molecule has 1 aromatic rings. The maximum Gasteiger partial charge on any atom is 0.263 e. The molecule has 1 atom stereocenters.